The van der Waals surface area contributed by atoms with Gasteiger partial charge in [-0.1, -0.05) is 27.7 Å². The first-order valence-corrected chi connectivity index (χ1v) is 7.46. The van der Waals surface area contributed by atoms with E-state index in [0.29, 0.717) is 30.4 Å². The molecule has 0 radical (unpaired) electrons. The summed E-state index contributed by atoms with van der Waals surface area (Å²) in [5, 5.41) is 6.46. The Hall–Kier alpha value is -1.59. The average molecular weight is 281 g/mol. The van der Waals surface area contributed by atoms with E-state index in [1.165, 1.54) is 0 Å². The highest BCUT2D eigenvalue weighted by molar-refractivity contribution is 5.36. The van der Waals surface area contributed by atoms with Crippen LogP contribution in [0.5, 0.6) is 6.01 Å². The molecular weight excluding hydrogens is 254 g/mol. The van der Waals surface area contributed by atoms with Crippen molar-refractivity contribution in [2.24, 2.45) is 5.92 Å². The first-order chi connectivity index (χ1) is 9.56. The van der Waals surface area contributed by atoms with Crippen LogP contribution in [0, 0.1) is 5.92 Å². The minimum atomic E-state index is 0.287. The van der Waals surface area contributed by atoms with Crippen molar-refractivity contribution >= 4 is 11.9 Å². The van der Waals surface area contributed by atoms with E-state index in [-0.39, 0.29) is 6.04 Å². The van der Waals surface area contributed by atoms with E-state index >= 15 is 0 Å². The molecule has 0 saturated carbocycles. The smallest absolute Gasteiger partial charge is 0.323 e. The fourth-order valence-electron chi connectivity index (χ4n) is 1.37. The molecule has 0 aliphatic rings. The molecule has 0 bridgehead atoms. The van der Waals surface area contributed by atoms with E-state index in [9.17, 15) is 0 Å². The number of hydrogen-bond donors (Lipinski definition) is 2. The lowest BCUT2D eigenvalue weighted by atomic mass is 10.1. The molecule has 0 aliphatic carbocycles. The van der Waals surface area contributed by atoms with Crippen LogP contribution in [0.1, 0.15) is 47.5 Å². The van der Waals surface area contributed by atoms with Gasteiger partial charge >= 0.3 is 6.01 Å². The van der Waals surface area contributed by atoms with E-state index in [1.54, 1.807) is 0 Å². The maximum atomic E-state index is 5.52. The maximum Gasteiger partial charge on any atom is 0.323 e. The maximum absolute atomic E-state index is 5.52. The zero-order valence-corrected chi connectivity index (χ0v) is 13.2. The Balaban J connectivity index is 2.84. The summed E-state index contributed by atoms with van der Waals surface area (Å²) in [7, 11) is 0. The topological polar surface area (TPSA) is 72.0 Å². The van der Waals surface area contributed by atoms with Crippen molar-refractivity contribution in [2.75, 3.05) is 23.8 Å². The third-order valence-electron chi connectivity index (χ3n) is 2.94. The number of nitrogens with zero attached hydrogens (tertiary/aromatic N) is 3. The second kappa shape index (κ2) is 8.55. The van der Waals surface area contributed by atoms with E-state index in [4.69, 9.17) is 4.74 Å². The standard InChI is InChI=1S/C14H27N5O/c1-6-8-15-12-17-13(16-11(5)10(3)4)19-14(18-12)20-9-7-2/h10-11H,6-9H2,1-5H3,(H2,15,16,17,18,19). The van der Waals surface area contributed by atoms with Gasteiger partial charge in [-0.15, -0.1) is 0 Å². The van der Waals surface area contributed by atoms with Crippen molar-refractivity contribution in [3.8, 4) is 6.01 Å². The lowest BCUT2D eigenvalue weighted by Gasteiger charge is -2.18. The molecule has 0 fully saturated rings. The highest BCUT2D eigenvalue weighted by Crippen LogP contribution is 2.14. The zero-order chi connectivity index (χ0) is 15.0. The van der Waals surface area contributed by atoms with Crippen LogP contribution in [0.2, 0.25) is 0 Å². The minimum Gasteiger partial charge on any atom is -0.463 e. The molecule has 6 nitrogen and oxygen atoms in total. The summed E-state index contributed by atoms with van der Waals surface area (Å²) in [5.74, 6) is 1.62. The Morgan fingerprint density at radius 3 is 2.30 bits per heavy atom. The second-order valence-corrected chi connectivity index (χ2v) is 5.22. The van der Waals surface area contributed by atoms with Crippen LogP contribution in [0.15, 0.2) is 0 Å². The fraction of sp³-hybridized carbons (Fsp3) is 0.786. The molecule has 0 amide bonds. The molecule has 1 aromatic heterocycles. The highest BCUT2D eigenvalue weighted by Gasteiger charge is 2.12. The van der Waals surface area contributed by atoms with E-state index < -0.39 is 0 Å². The van der Waals surface area contributed by atoms with Crippen molar-refractivity contribution in [2.45, 2.75) is 53.5 Å². The second-order valence-electron chi connectivity index (χ2n) is 5.22. The summed E-state index contributed by atoms with van der Waals surface area (Å²) in [4.78, 5) is 12.9. The van der Waals surface area contributed by atoms with Gasteiger partial charge in [0.05, 0.1) is 6.61 Å². The number of anilines is 2. The Morgan fingerprint density at radius 1 is 1.00 bits per heavy atom. The predicted molar refractivity (Wildman–Crippen MR) is 82.3 cm³/mol. The summed E-state index contributed by atoms with van der Waals surface area (Å²) >= 11 is 0. The Morgan fingerprint density at radius 2 is 1.70 bits per heavy atom. The summed E-state index contributed by atoms with van der Waals surface area (Å²) in [6.45, 7) is 12.0. The number of rotatable bonds is 9. The first-order valence-electron chi connectivity index (χ1n) is 7.46. The van der Waals surface area contributed by atoms with Gasteiger partial charge in [0.15, 0.2) is 0 Å². The van der Waals surface area contributed by atoms with Gasteiger partial charge in [0, 0.05) is 12.6 Å². The molecule has 6 heteroatoms. The van der Waals surface area contributed by atoms with Crippen molar-refractivity contribution in [1.29, 1.82) is 0 Å². The van der Waals surface area contributed by atoms with Gasteiger partial charge < -0.3 is 15.4 Å². The summed E-state index contributed by atoms with van der Waals surface area (Å²) < 4.78 is 5.52. The molecule has 1 atom stereocenters. The molecule has 0 spiro atoms. The summed E-state index contributed by atoms with van der Waals surface area (Å²) in [6, 6.07) is 0.661. The van der Waals surface area contributed by atoms with Gasteiger partial charge in [0.25, 0.3) is 0 Å². The lowest BCUT2D eigenvalue weighted by Crippen LogP contribution is -2.23. The van der Waals surface area contributed by atoms with Gasteiger partial charge in [-0.25, -0.2) is 0 Å². The molecule has 1 unspecified atom stereocenters. The van der Waals surface area contributed by atoms with Crippen molar-refractivity contribution in [3.63, 3.8) is 0 Å². The monoisotopic (exact) mass is 281 g/mol. The summed E-state index contributed by atoms with van der Waals surface area (Å²) in [6.07, 6.45) is 1.94. The summed E-state index contributed by atoms with van der Waals surface area (Å²) in [5.41, 5.74) is 0. The number of ether oxygens (including phenoxy) is 1. The van der Waals surface area contributed by atoms with E-state index in [2.05, 4.69) is 60.2 Å². The highest BCUT2D eigenvalue weighted by atomic mass is 16.5. The van der Waals surface area contributed by atoms with Crippen LogP contribution in [-0.2, 0) is 0 Å². The predicted octanol–water partition coefficient (Wildman–Crippen LogP) is 2.94. The molecule has 0 aliphatic heterocycles. The van der Waals surface area contributed by atoms with Crippen LogP contribution in [0.3, 0.4) is 0 Å². The fourth-order valence-corrected chi connectivity index (χ4v) is 1.37. The largest absolute Gasteiger partial charge is 0.463 e. The molecule has 20 heavy (non-hydrogen) atoms. The lowest BCUT2D eigenvalue weighted by molar-refractivity contribution is 0.292. The van der Waals surface area contributed by atoms with Gasteiger partial charge in [-0.3, -0.25) is 0 Å². The van der Waals surface area contributed by atoms with Crippen molar-refractivity contribution in [1.82, 2.24) is 15.0 Å². The molecule has 1 aromatic rings. The first kappa shape index (κ1) is 16.5. The molecule has 114 valence electrons. The Bertz CT molecular complexity index is 371. The Kier molecular flexibility index (Phi) is 7.04. The average Bonchev–Trinajstić information content (AvgIpc) is 2.42. The van der Waals surface area contributed by atoms with Gasteiger partial charge in [0.2, 0.25) is 11.9 Å². The van der Waals surface area contributed by atoms with E-state index in [0.717, 1.165) is 19.4 Å². The van der Waals surface area contributed by atoms with Crippen molar-refractivity contribution < 1.29 is 4.74 Å². The molecule has 2 N–H and O–H groups in total. The van der Waals surface area contributed by atoms with Crippen molar-refractivity contribution in [3.05, 3.63) is 0 Å². The van der Waals surface area contributed by atoms with Crippen LogP contribution < -0.4 is 15.4 Å². The van der Waals surface area contributed by atoms with Crippen LogP contribution in [0.25, 0.3) is 0 Å². The minimum absolute atomic E-state index is 0.287. The number of nitrogens with one attached hydrogen (secondary N) is 2. The molecule has 0 saturated heterocycles. The van der Waals surface area contributed by atoms with Gasteiger partial charge in [-0.05, 0) is 25.7 Å². The normalized spacial score (nSPS) is 12.3. The van der Waals surface area contributed by atoms with Crippen LogP contribution >= 0.6 is 0 Å². The van der Waals surface area contributed by atoms with Crippen LogP contribution in [-0.4, -0.2) is 34.1 Å². The number of aromatic nitrogens is 3. The SMILES string of the molecule is CCCNc1nc(NC(C)C(C)C)nc(OCCC)n1. The quantitative estimate of drug-likeness (QED) is 0.725. The molecule has 1 heterocycles. The third-order valence-corrected chi connectivity index (χ3v) is 2.94. The molecule has 0 aromatic carbocycles. The zero-order valence-electron chi connectivity index (χ0n) is 13.2. The molecule has 1 rings (SSSR count). The molecular formula is C14H27N5O. The van der Waals surface area contributed by atoms with E-state index in [1.807, 2.05) is 0 Å². The van der Waals surface area contributed by atoms with Gasteiger partial charge in [-0.2, -0.15) is 15.0 Å². The van der Waals surface area contributed by atoms with Gasteiger partial charge in [0.1, 0.15) is 0 Å². The third kappa shape index (κ3) is 5.59. The number of hydrogen-bond acceptors (Lipinski definition) is 6. The Labute approximate surface area is 121 Å². The van der Waals surface area contributed by atoms with Crippen LogP contribution in [0.4, 0.5) is 11.9 Å².